The molecule has 0 aliphatic carbocycles. The van der Waals surface area contributed by atoms with E-state index < -0.39 is 0 Å². The van der Waals surface area contributed by atoms with Gasteiger partial charge < -0.3 is 9.47 Å². The van der Waals surface area contributed by atoms with E-state index in [9.17, 15) is 0 Å². The predicted molar refractivity (Wildman–Crippen MR) is 247 cm³/mol. The van der Waals surface area contributed by atoms with Gasteiger partial charge in [-0.15, -0.1) is 0 Å². The number of aromatic nitrogens is 1. The second-order valence-corrected chi connectivity index (χ2v) is 14.9. The quantitative estimate of drug-likeness (QED) is 0.158. The number of para-hydroxylation sites is 2. The van der Waals surface area contributed by atoms with Gasteiger partial charge in [0.1, 0.15) is 0 Å². The first-order chi connectivity index (χ1) is 28.8. The molecule has 272 valence electrons. The Hall–Kier alpha value is -7.68. The highest BCUT2D eigenvalue weighted by Gasteiger charge is 2.19. The Morgan fingerprint density at radius 2 is 0.724 bits per heavy atom. The molecule has 0 unspecified atom stereocenters. The molecular formula is C56H38N2. The smallest absolute Gasteiger partial charge is 0.0547 e. The van der Waals surface area contributed by atoms with Gasteiger partial charge in [-0.1, -0.05) is 176 Å². The van der Waals surface area contributed by atoms with E-state index in [0.717, 1.165) is 17.1 Å². The highest BCUT2D eigenvalue weighted by atomic mass is 15.1. The highest BCUT2D eigenvalue weighted by Crippen LogP contribution is 2.42. The molecule has 0 saturated carbocycles. The van der Waals surface area contributed by atoms with E-state index in [1.54, 1.807) is 0 Å². The second kappa shape index (κ2) is 14.1. The number of rotatable bonds is 7. The van der Waals surface area contributed by atoms with Crippen molar-refractivity contribution in [2.45, 2.75) is 0 Å². The molecule has 0 amide bonds. The Kier molecular flexibility index (Phi) is 8.19. The summed E-state index contributed by atoms with van der Waals surface area (Å²) in [5.41, 5.74) is 14.1. The van der Waals surface area contributed by atoms with Gasteiger partial charge >= 0.3 is 0 Å². The largest absolute Gasteiger partial charge is 0.311 e. The van der Waals surface area contributed by atoms with Gasteiger partial charge in [-0.3, -0.25) is 0 Å². The fourth-order valence-corrected chi connectivity index (χ4v) is 8.86. The lowest BCUT2D eigenvalue weighted by Gasteiger charge is -2.26. The van der Waals surface area contributed by atoms with Crippen LogP contribution in [0.2, 0.25) is 0 Å². The van der Waals surface area contributed by atoms with Crippen molar-refractivity contribution < 1.29 is 0 Å². The van der Waals surface area contributed by atoms with E-state index in [-0.39, 0.29) is 0 Å². The Morgan fingerprint density at radius 1 is 0.276 bits per heavy atom. The first kappa shape index (κ1) is 33.6. The minimum atomic E-state index is 1.09. The molecule has 11 rings (SSSR count). The third-order valence-electron chi connectivity index (χ3n) is 11.6. The number of fused-ring (bicyclic) bond motifs is 5. The summed E-state index contributed by atoms with van der Waals surface area (Å²) in [6.07, 6.45) is 0. The molecule has 2 heteroatoms. The Balaban J connectivity index is 1.05. The molecule has 0 radical (unpaired) electrons. The zero-order valence-corrected chi connectivity index (χ0v) is 31.8. The molecular weight excluding hydrogens is 701 g/mol. The van der Waals surface area contributed by atoms with Crippen LogP contribution in [0.3, 0.4) is 0 Å². The molecule has 0 atom stereocenters. The minimum absolute atomic E-state index is 1.09. The zero-order chi connectivity index (χ0) is 38.4. The Morgan fingerprint density at radius 3 is 1.34 bits per heavy atom. The van der Waals surface area contributed by atoms with Gasteiger partial charge in [-0.2, -0.15) is 0 Å². The van der Waals surface area contributed by atoms with E-state index in [4.69, 9.17) is 0 Å². The third-order valence-corrected chi connectivity index (χ3v) is 11.6. The third kappa shape index (κ3) is 5.74. The van der Waals surface area contributed by atoms with Crippen molar-refractivity contribution in [3.63, 3.8) is 0 Å². The van der Waals surface area contributed by atoms with Crippen molar-refractivity contribution >= 4 is 60.4 Å². The van der Waals surface area contributed by atoms with Crippen LogP contribution in [0.15, 0.2) is 231 Å². The first-order valence-corrected chi connectivity index (χ1v) is 19.9. The summed E-state index contributed by atoms with van der Waals surface area (Å²) in [6, 6.07) is 83.6. The fourth-order valence-electron chi connectivity index (χ4n) is 8.86. The lowest BCUT2D eigenvalue weighted by molar-refractivity contribution is 1.19. The van der Waals surface area contributed by atoms with Gasteiger partial charge in [-0.05, 0) is 104 Å². The summed E-state index contributed by atoms with van der Waals surface area (Å²) < 4.78 is 2.44. The topological polar surface area (TPSA) is 8.17 Å². The summed E-state index contributed by atoms with van der Waals surface area (Å²) in [5, 5.41) is 7.47. The molecule has 0 aliphatic rings. The maximum absolute atomic E-state index is 2.44. The Bertz CT molecular complexity index is 3190. The maximum atomic E-state index is 2.44. The van der Waals surface area contributed by atoms with Gasteiger partial charge in [0, 0.05) is 33.4 Å². The van der Waals surface area contributed by atoms with Crippen molar-refractivity contribution in [1.82, 2.24) is 4.57 Å². The van der Waals surface area contributed by atoms with Crippen LogP contribution in [0.4, 0.5) is 17.1 Å². The van der Waals surface area contributed by atoms with Crippen LogP contribution in [0.25, 0.3) is 82.4 Å². The summed E-state index contributed by atoms with van der Waals surface area (Å²) in [5.74, 6) is 0. The summed E-state index contributed by atoms with van der Waals surface area (Å²) in [6.45, 7) is 0. The van der Waals surface area contributed by atoms with Crippen LogP contribution in [0, 0.1) is 0 Å². The predicted octanol–water partition coefficient (Wildman–Crippen LogP) is 15.6. The van der Waals surface area contributed by atoms with Gasteiger partial charge in [0.15, 0.2) is 0 Å². The van der Waals surface area contributed by atoms with Crippen molar-refractivity contribution in [1.29, 1.82) is 0 Å². The first-order valence-electron chi connectivity index (χ1n) is 19.9. The zero-order valence-electron chi connectivity index (χ0n) is 31.8. The van der Waals surface area contributed by atoms with Crippen LogP contribution in [0.5, 0.6) is 0 Å². The molecule has 0 saturated heterocycles. The van der Waals surface area contributed by atoms with Crippen molar-refractivity contribution in [3.8, 4) is 39.1 Å². The molecule has 0 bridgehead atoms. The van der Waals surface area contributed by atoms with Crippen molar-refractivity contribution in [2.24, 2.45) is 0 Å². The van der Waals surface area contributed by atoms with Crippen LogP contribution in [-0.2, 0) is 0 Å². The molecule has 1 heterocycles. The molecule has 2 nitrogen and oxygen atoms in total. The number of benzene rings is 10. The lowest BCUT2D eigenvalue weighted by atomic mass is 9.95. The number of anilines is 3. The van der Waals surface area contributed by atoms with E-state index >= 15 is 0 Å². The lowest BCUT2D eigenvalue weighted by Crippen LogP contribution is -2.10. The molecule has 0 fully saturated rings. The van der Waals surface area contributed by atoms with E-state index in [0.29, 0.717) is 0 Å². The minimum Gasteiger partial charge on any atom is -0.311 e. The van der Waals surface area contributed by atoms with Crippen LogP contribution in [-0.4, -0.2) is 4.57 Å². The van der Waals surface area contributed by atoms with Gasteiger partial charge in [0.2, 0.25) is 0 Å². The van der Waals surface area contributed by atoms with Gasteiger partial charge in [0.05, 0.1) is 16.7 Å². The van der Waals surface area contributed by atoms with E-state index in [2.05, 4.69) is 240 Å². The average molecular weight is 739 g/mol. The van der Waals surface area contributed by atoms with Crippen molar-refractivity contribution in [3.05, 3.63) is 231 Å². The van der Waals surface area contributed by atoms with Crippen LogP contribution < -0.4 is 4.90 Å². The highest BCUT2D eigenvalue weighted by molar-refractivity contribution is 6.11. The monoisotopic (exact) mass is 738 g/mol. The fraction of sp³-hybridized carbons (Fsp3) is 0. The van der Waals surface area contributed by atoms with E-state index in [1.807, 2.05) is 0 Å². The molecule has 58 heavy (non-hydrogen) atoms. The van der Waals surface area contributed by atoms with E-state index in [1.165, 1.54) is 82.4 Å². The molecule has 0 aliphatic heterocycles. The van der Waals surface area contributed by atoms with Crippen LogP contribution in [0.1, 0.15) is 0 Å². The number of hydrogen-bond donors (Lipinski definition) is 0. The average Bonchev–Trinajstić information content (AvgIpc) is 3.64. The SMILES string of the molecule is c1ccc(-c2ccc(N(c3ccc(-c4cccc5ccccc45)cc3)c3ccc(-c4c(-n5c6ccccc6c6ccccc65)ccc5ccccc45)cc3)cc2)cc1. The van der Waals surface area contributed by atoms with Gasteiger partial charge in [-0.25, -0.2) is 0 Å². The molecule has 0 spiro atoms. The summed E-state index contributed by atoms with van der Waals surface area (Å²) >= 11 is 0. The summed E-state index contributed by atoms with van der Waals surface area (Å²) in [7, 11) is 0. The van der Waals surface area contributed by atoms with Crippen molar-refractivity contribution in [2.75, 3.05) is 4.90 Å². The normalized spacial score (nSPS) is 11.4. The molecule has 0 N–H and O–H groups in total. The number of hydrogen-bond acceptors (Lipinski definition) is 1. The van der Waals surface area contributed by atoms with Crippen LogP contribution >= 0.6 is 0 Å². The van der Waals surface area contributed by atoms with Gasteiger partial charge in [0.25, 0.3) is 0 Å². The Labute approximate surface area is 338 Å². The number of nitrogens with zero attached hydrogens (tertiary/aromatic N) is 2. The second-order valence-electron chi connectivity index (χ2n) is 14.9. The molecule has 1 aromatic heterocycles. The molecule has 11 aromatic rings. The summed E-state index contributed by atoms with van der Waals surface area (Å²) in [4.78, 5) is 2.36. The standard InChI is InChI=1S/C56H38N2/c1-2-13-39(14-3-1)40-25-32-45(33-26-40)57(46-34-27-43(28-35-46)49-22-12-17-41-15-4-6-18-48(41)49)47-36-29-44(30-37-47)56-50-19-7-5-16-42(50)31-38-55(56)58-53-23-10-8-20-51(53)52-21-9-11-24-54(52)58/h1-38H. The molecule has 10 aromatic carbocycles. The maximum Gasteiger partial charge on any atom is 0.0547 e.